The molecule has 1 aliphatic heterocycles. The average Bonchev–Trinajstić information content (AvgIpc) is 3.43. The molecule has 1 fully saturated rings. The van der Waals surface area contributed by atoms with E-state index in [0.717, 1.165) is 12.1 Å². The molecule has 8 nitrogen and oxygen atoms in total. The number of benzene rings is 2. The highest BCUT2D eigenvalue weighted by Gasteiger charge is 2.26. The van der Waals surface area contributed by atoms with Crippen molar-refractivity contribution in [2.75, 3.05) is 28.0 Å². The van der Waals surface area contributed by atoms with E-state index in [0.29, 0.717) is 30.9 Å². The number of halogens is 3. The normalized spacial score (nSPS) is 15.9. The van der Waals surface area contributed by atoms with Crippen molar-refractivity contribution in [2.45, 2.75) is 24.3 Å². The van der Waals surface area contributed by atoms with Crippen LogP contribution in [0.15, 0.2) is 46.1 Å². The fourth-order valence-corrected chi connectivity index (χ4v) is 5.61. The first-order chi connectivity index (χ1) is 16.1. The Kier molecular flexibility index (Phi) is 6.91. The zero-order chi connectivity index (χ0) is 24.5. The summed E-state index contributed by atoms with van der Waals surface area (Å²) < 4.78 is 56.2. The number of anilines is 4. The molecule has 0 spiro atoms. The Morgan fingerprint density at radius 2 is 2.03 bits per heavy atom. The molecule has 0 radical (unpaired) electrons. The van der Waals surface area contributed by atoms with Gasteiger partial charge in [-0.1, -0.05) is 11.6 Å². The highest BCUT2D eigenvalue weighted by Crippen LogP contribution is 2.36. The Balaban J connectivity index is 1.60. The molecular weight excluding hydrogens is 508 g/mol. The number of carbonyl (C=O) groups is 1. The summed E-state index contributed by atoms with van der Waals surface area (Å²) >= 11 is 7.48. The lowest BCUT2D eigenvalue weighted by Crippen LogP contribution is -2.35. The van der Waals surface area contributed by atoms with Gasteiger partial charge in [0.2, 0.25) is 5.91 Å². The van der Waals surface area contributed by atoms with Crippen molar-refractivity contribution < 1.29 is 22.0 Å². The van der Waals surface area contributed by atoms with Crippen LogP contribution in [-0.4, -0.2) is 38.4 Å². The van der Waals surface area contributed by atoms with Gasteiger partial charge < -0.3 is 15.5 Å². The van der Waals surface area contributed by atoms with Crippen molar-refractivity contribution in [3.8, 4) is 0 Å². The summed E-state index contributed by atoms with van der Waals surface area (Å²) in [7, 11) is -4.25. The molecular formula is C21H20ClF2N5O3S2. The molecule has 13 heteroatoms. The molecule has 1 amide bonds. The standard InChI is InChI=1S/C21H20ClF2N5O3S2/c1-12(30)26-14-4-5-29(9-14)19-6-13(23)2-3-17(19)27-18-8-16(24)20(7-15(18)22)34(31,32)28-21-10-33-11-25-21/h2-3,6-8,10-11,14,27-28H,4-5,9H2,1H3,(H,26,30). The van der Waals surface area contributed by atoms with Crippen molar-refractivity contribution in [1.82, 2.24) is 10.3 Å². The van der Waals surface area contributed by atoms with E-state index in [1.54, 1.807) is 0 Å². The molecule has 0 bridgehead atoms. The van der Waals surface area contributed by atoms with Crippen LogP contribution in [0.2, 0.25) is 5.02 Å². The van der Waals surface area contributed by atoms with Crippen LogP contribution < -0.4 is 20.3 Å². The topological polar surface area (TPSA) is 103 Å². The maximum atomic E-state index is 14.8. The third-order valence-corrected chi connectivity index (χ3v) is 7.42. The van der Waals surface area contributed by atoms with Gasteiger partial charge in [0.15, 0.2) is 5.82 Å². The molecule has 4 rings (SSSR count). The van der Waals surface area contributed by atoms with Gasteiger partial charge in [-0.05, 0) is 30.7 Å². The van der Waals surface area contributed by atoms with Gasteiger partial charge in [-0.2, -0.15) is 0 Å². The number of hydrogen-bond acceptors (Lipinski definition) is 7. The van der Waals surface area contributed by atoms with E-state index in [1.165, 1.54) is 47.4 Å². The first kappa shape index (κ1) is 24.2. The van der Waals surface area contributed by atoms with Crippen molar-refractivity contribution in [2.24, 2.45) is 0 Å². The Hall–Kier alpha value is -2.96. The molecule has 0 aliphatic carbocycles. The van der Waals surface area contributed by atoms with Crippen molar-refractivity contribution in [3.63, 3.8) is 0 Å². The molecule has 3 aromatic rings. The molecule has 180 valence electrons. The van der Waals surface area contributed by atoms with Gasteiger partial charge in [-0.3, -0.25) is 9.52 Å². The number of carbonyl (C=O) groups excluding carboxylic acids is 1. The maximum Gasteiger partial charge on any atom is 0.266 e. The van der Waals surface area contributed by atoms with E-state index in [4.69, 9.17) is 11.6 Å². The largest absolute Gasteiger partial charge is 0.368 e. The van der Waals surface area contributed by atoms with Crippen LogP contribution in [0, 0.1) is 11.6 Å². The second-order valence-electron chi connectivity index (χ2n) is 7.66. The van der Waals surface area contributed by atoms with E-state index < -0.39 is 26.6 Å². The molecule has 1 saturated heterocycles. The van der Waals surface area contributed by atoms with Gasteiger partial charge in [-0.15, -0.1) is 11.3 Å². The molecule has 1 atom stereocenters. The van der Waals surface area contributed by atoms with Gasteiger partial charge >= 0.3 is 0 Å². The van der Waals surface area contributed by atoms with Gasteiger partial charge in [-0.25, -0.2) is 22.2 Å². The number of sulfonamides is 1. The number of nitrogens with one attached hydrogen (secondary N) is 3. The summed E-state index contributed by atoms with van der Waals surface area (Å²) in [5, 5.41) is 7.24. The minimum Gasteiger partial charge on any atom is -0.368 e. The van der Waals surface area contributed by atoms with E-state index in [1.807, 2.05) is 4.90 Å². The smallest absolute Gasteiger partial charge is 0.266 e. The first-order valence-electron chi connectivity index (χ1n) is 10.1. The molecule has 1 unspecified atom stereocenters. The van der Waals surface area contributed by atoms with Crippen LogP contribution in [0.25, 0.3) is 0 Å². The lowest BCUT2D eigenvalue weighted by molar-refractivity contribution is -0.119. The Bertz CT molecular complexity index is 1320. The molecule has 0 saturated carbocycles. The highest BCUT2D eigenvalue weighted by atomic mass is 35.5. The summed E-state index contributed by atoms with van der Waals surface area (Å²) in [5.41, 5.74) is 2.50. The van der Waals surface area contributed by atoms with Crippen LogP contribution >= 0.6 is 22.9 Å². The fraction of sp³-hybridized carbons (Fsp3) is 0.238. The summed E-state index contributed by atoms with van der Waals surface area (Å²) in [6, 6.07) is 5.95. The molecule has 34 heavy (non-hydrogen) atoms. The van der Waals surface area contributed by atoms with Crippen LogP contribution in [0.3, 0.4) is 0 Å². The zero-order valence-electron chi connectivity index (χ0n) is 17.8. The summed E-state index contributed by atoms with van der Waals surface area (Å²) in [6.07, 6.45) is 0.684. The fourth-order valence-electron chi connectivity index (χ4n) is 3.69. The second-order valence-corrected chi connectivity index (χ2v) is 10.4. The Morgan fingerprint density at radius 3 is 2.74 bits per heavy atom. The van der Waals surface area contributed by atoms with Crippen molar-refractivity contribution >= 4 is 61.7 Å². The summed E-state index contributed by atoms with van der Waals surface area (Å²) in [6.45, 7) is 2.48. The number of nitrogens with zero attached hydrogens (tertiary/aromatic N) is 2. The Labute approximate surface area is 204 Å². The molecule has 2 heterocycles. The average molecular weight is 528 g/mol. The van der Waals surface area contributed by atoms with E-state index >= 15 is 0 Å². The Morgan fingerprint density at radius 1 is 1.24 bits per heavy atom. The molecule has 3 N–H and O–H groups in total. The SMILES string of the molecule is CC(=O)NC1CCN(c2cc(F)ccc2Nc2cc(F)c(S(=O)(=O)Nc3cscn3)cc2Cl)C1. The highest BCUT2D eigenvalue weighted by molar-refractivity contribution is 7.92. The van der Waals surface area contributed by atoms with Gasteiger partial charge in [0.05, 0.1) is 27.6 Å². The van der Waals surface area contributed by atoms with Gasteiger partial charge in [0.1, 0.15) is 16.5 Å². The monoisotopic (exact) mass is 527 g/mol. The number of rotatable bonds is 7. The van der Waals surface area contributed by atoms with Gasteiger partial charge in [0.25, 0.3) is 10.0 Å². The van der Waals surface area contributed by atoms with Crippen LogP contribution in [-0.2, 0) is 14.8 Å². The van der Waals surface area contributed by atoms with E-state index in [9.17, 15) is 22.0 Å². The van der Waals surface area contributed by atoms with Gasteiger partial charge in [0, 0.05) is 37.5 Å². The minimum atomic E-state index is -4.25. The van der Waals surface area contributed by atoms with Crippen LogP contribution in [0.5, 0.6) is 0 Å². The molecule has 1 aromatic heterocycles. The molecule has 1 aliphatic rings. The third kappa shape index (κ3) is 5.40. The summed E-state index contributed by atoms with van der Waals surface area (Å²) in [4.78, 5) is 16.5. The lowest BCUT2D eigenvalue weighted by Gasteiger charge is -2.23. The quantitative estimate of drug-likeness (QED) is 0.422. The van der Waals surface area contributed by atoms with Crippen LogP contribution in [0.1, 0.15) is 13.3 Å². The zero-order valence-corrected chi connectivity index (χ0v) is 20.2. The maximum absolute atomic E-state index is 14.8. The third-order valence-electron chi connectivity index (χ3n) is 5.15. The second kappa shape index (κ2) is 9.72. The van der Waals surface area contributed by atoms with Crippen molar-refractivity contribution in [1.29, 1.82) is 0 Å². The van der Waals surface area contributed by atoms with Crippen LogP contribution in [0.4, 0.5) is 31.7 Å². The molecule has 2 aromatic carbocycles. The number of hydrogen-bond donors (Lipinski definition) is 3. The number of amides is 1. The first-order valence-corrected chi connectivity index (χ1v) is 12.9. The minimum absolute atomic E-state index is 0.0483. The lowest BCUT2D eigenvalue weighted by atomic mass is 10.2. The van der Waals surface area contributed by atoms with E-state index in [-0.39, 0.29) is 28.5 Å². The number of aromatic nitrogens is 1. The predicted octanol–water partition coefficient (Wildman–Crippen LogP) is 4.33. The van der Waals surface area contributed by atoms with Crippen molar-refractivity contribution in [3.05, 3.63) is 57.9 Å². The summed E-state index contributed by atoms with van der Waals surface area (Å²) in [5.74, 6) is -1.56. The van der Waals surface area contributed by atoms with E-state index in [2.05, 4.69) is 20.3 Å². The predicted molar refractivity (Wildman–Crippen MR) is 128 cm³/mol. The number of thiazole rings is 1.